The van der Waals surface area contributed by atoms with E-state index in [1.807, 2.05) is 12.1 Å². The predicted molar refractivity (Wildman–Crippen MR) is 57.0 cm³/mol. The molecule has 0 radical (unpaired) electrons. The average Bonchev–Trinajstić information content (AvgIpc) is 2.44. The highest BCUT2D eigenvalue weighted by atomic mass is 79.9. The van der Waals surface area contributed by atoms with Crippen LogP contribution in [0.2, 0.25) is 0 Å². The molecule has 0 atom stereocenters. The molecule has 4 nitrogen and oxygen atoms in total. The van der Waals surface area contributed by atoms with Crippen LogP contribution in [-0.2, 0) is 6.54 Å². The Hall–Kier alpha value is -0.910. The summed E-state index contributed by atoms with van der Waals surface area (Å²) in [7, 11) is 1.61. The van der Waals surface area contributed by atoms with Gasteiger partial charge in [0.05, 0.1) is 17.6 Å². The number of halogens is 1. The van der Waals surface area contributed by atoms with Crippen LogP contribution < -0.4 is 0 Å². The van der Waals surface area contributed by atoms with E-state index in [0.717, 1.165) is 26.3 Å². The van der Waals surface area contributed by atoms with E-state index in [0.29, 0.717) is 6.54 Å². The lowest BCUT2D eigenvalue weighted by Gasteiger charge is -2.04. The van der Waals surface area contributed by atoms with Gasteiger partial charge in [-0.05, 0) is 28.1 Å². The summed E-state index contributed by atoms with van der Waals surface area (Å²) >= 11 is 3.35. The first-order valence-electron chi connectivity index (χ1n) is 4.18. The van der Waals surface area contributed by atoms with Crippen molar-refractivity contribution in [2.24, 2.45) is 0 Å². The number of hydrogen-bond donors (Lipinski definition) is 2. The number of aromatic nitrogens is 2. The fourth-order valence-electron chi connectivity index (χ4n) is 1.37. The van der Waals surface area contributed by atoms with E-state index in [-0.39, 0.29) is 0 Å². The van der Waals surface area contributed by atoms with Gasteiger partial charge in [0.2, 0.25) is 0 Å². The van der Waals surface area contributed by atoms with E-state index < -0.39 is 0 Å². The molecule has 0 saturated carbocycles. The molecule has 0 fully saturated rings. The van der Waals surface area contributed by atoms with Gasteiger partial charge in [0.1, 0.15) is 0 Å². The smallest absolute Gasteiger partial charge is 0.0883 e. The van der Waals surface area contributed by atoms with Crippen LogP contribution in [0.25, 0.3) is 11.0 Å². The third kappa shape index (κ3) is 1.95. The van der Waals surface area contributed by atoms with E-state index in [2.05, 4.69) is 25.9 Å². The van der Waals surface area contributed by atoms with Crippen LogP contribution in [0, 0.1) is 0 Å². The van der Waals surface area contributed by atoms with Gasteiger partial charge in [0.15, 0.2) is 0 Å². The fraction of sp³-hybridized carbons (Fsp3) is 0.222. The third-order valence-corrected chi connectivity index (χ3v) is 2.32. The van der Waals surface area contributed by atoms with Crippen LogP contribution in [0.1, 0.15) is 5.69 Å². The molecule has 2 rings (SSSR count). The highest BCUT2D eigenvalue weighted by molar-refractivity contribution is 9.10. The van der Waals surface area contributed by atoms with Gasteiger partial charge in [-0.15, -0.1) is 0 Å². The van der Waals surface area contributed by atoms with Gasteiger partial charge in [-0.25, -0.2) is 0 Å². The molecular weight excluding hydrogens is 246 g/mol. The highest BCUT2D eigenvalue weighted by Gasteiger charge is 2.03. The molecule has 0 aromatic carbocycles. The number of hydroxylamine groups is 2. The van der Waals surface area contributed by atoms with E-state index in [1.165, 1.54) is 0 Å². The minimum absolute atomic E-state index is 0.466. The van der Waals surface area contributed by atoms with Crippen molar-refractivity contribution in [3.63, 3.8) is 0 Å². The van der Waals surface area contributed by atoms with Crippen LogP contribution in [0.4, 0.5) is 0 Å². The van der Waals surface area contributed by atoms with Gasteiger partial charge < -0.3 is 10.2 Å². The van der Waals surface area contributed by atoms with E-state index >= 15 is 0 Å². The lowest BCUT2D eigenvalue weighted by atomic mass is 10.4. The molecule has 14 heavy (non-hydrogen) atoms. The summed E-state index contributed by atoms with van der Waals surface area (Å²) < 4.78 is 0.941. The van der Waals surface area contributed by atoms with Crippen molar-refractivity contribution in [3.8, 4) is 0 Å². The Morgan fingerprint density at radius 2 is 2.36 bits per heavy atom. The van der Waals surface area contributed by atoms with Crippen LogP contribution in [0.15, 0.2) is 22.8 Å². The zero-order valence-corrected chi connectivity index (χ0v) is 9.24. The van der Waals surface area contributed by atoms with Crippen molar-refractivity contribution in [1.82, 2.24) is 15.0 Å². The molecule has 0 bridgehead atoms. The maximum atomic E-state index is 9.07. The Kier molecular flexibility index (Phi) is 2.54. The monoisotopic (exact) mass is 255 g/mol. The fourth-order valence-corrected chi connectivity index (χ4v) is 1.70. The highest BCUT2D eigenvalue weighted by Crippen LogP contribution is 2.17. The Labute approximate surface area is 89.6 Å². The second-order valence-corrected chi connectivity index (χ2v) is 4.11. The van der Waals surface area contributed by atoms with Crippen molar-refractivity contribution in [2.45, 2.75) is 6.54 Å². The maximum absolute atomic E-state index is 9.07. The van der Waals surface area contributed by atoms with Crippen LogP contribution in [-0.4, -0.2) is 27.3 Å². The molecule has 0 unspecified atom stereocenters. The maximum Gasteiger partial charge on any atom is 0.0883 e. The Balaban J connectivity index is 2.41. The molecule has 2 heterocycles. The molecule has 5 heteroatoms. The SMILES string of the molecule is CN(O)Cc1cc2ncc(Br)cc2[nH]1. The topological polar surface area (TPSA) is 52.1 Å². The average molecular weight is 256 g/mol. The van der Waals surface area contributed by atoms with E-state index in [9.17, 15) is 0 Å². The number of hydrogen-bond acceptors (Lipinski definition) is 3. The zero-order valence-electron chi connectivity index (χ0n) is 7.66. The second-order valence-electron chi connectivity index (χ2n) is 3.20. The molecule has 0 aliphatic carbocycles. The summed E-state index contributed by atoms with van der Waals surface area (Å²) in [5, 5.41) is 10.2. The van der Waals surface area contributed by atoms with Crippen molar-refractivity contribution >= 4 is 27.0 Å². The number of aromatic amines is 1. The van der Waals surface area contributed by atoms with Crippen molar-refractivity contribution in [3.05, 3.63) is 28.5 Å². The minimum atomic E-state index is 0.466. The summed E-state index contributed by atoms with van der Waals surface area (Å²) in [5.74, 6) is 0. The molecule has 74 valence electrons. The van der Waals surface area contributed by atoms with Gasteiger partial charge >= 0.3 is 0 Å². The van der Waals surface area contributed by atoms with Gasteiger partial charge in [0.25, 0.3) is 0 Å². The summed E-state index contributed by atoms with van der Waals surface area (Å²) in [4.78, 5) is 7.40. The van der Waals surface area contributed by atoms with Gasteiger partial charge in [-0.2, -0.15) is 5.06 Å². The van der Waals surface area contributed by atoms with E-state index in [4.69, 9.17) is 5.21 Å². The molecule has 2 aromatic rings. The normalized spacial score (nSPS) is 11.4. The molecule has 2 N–H and O–H groups in total. The first-order chi connectivity index (χ1) is 6.65. The second kappa shape index (κ2) is 3.68. The number of H-pyrrole nitrogens is 1. The summed E-state index contributed by atoms with van der Waals surface area (Å²) in [6.07, 6.45) is 1.75. The molecule has 0 spiro atoms. The molecule has 0 aliphatic heterocycles. The van der Waals surface area contributed by atoms with Gasteiger partial charge in [0, 0.05) is 23.4 Å². The number of nitrogens with one attached hydrogen (secondary N) is 1. The molecule has 0 amide bonds. The first kappa shape index (κ1) is 9.64. The van der Waals surface area contributed by atoms with E-state index in [1.54, 1.807) is 13.2 Å². The number of nitrogens with zero attached hydrogens (tertiary/aromatic N) is 2. The molecule has 2 aromatic heterocycles. The van der Waals surface area contributed by atoms with Gasteiger partial charge in [-0.1, -0.05) is 0 Å². The van der Waals surface area contributed by atoms with Crippen molar-refractivity contribution in [2.75, 3.05) is 7.05 Å². The van der Waals surface area contributed by atoms with Crippen LogP contribution >= 0.6 is 15.9 Å². The van der Waals surface area contributed by atoms with Crippen LogP contribution in [0.3, 0.4) is 0 Å². The lowest BCUT2D eigenvalue weighted by Crippen LogP contribution is -2.11. The Bertz CT molecular complexity index is 452. The molecular formula is C9H10BrN3O. The number of pyridine rings is 1. The predicted octanol–water partition coefficient (Wildman–Crippen LogP) is 2.15. The Morgan fingerprint density at radius 1 is 1.57 bits per heavy atom. The number of fused-ring (bicyclic) bond motifs is 1. The van der Waals surface area contributed by atoms with Gasteiger partial charge in [-0.3, -0.25) is 4.98 Å². The summed E-state index contributed by atoms with van der Waals surface area (Å²) in [6, 6.07) is 3.89. The van der Waals surface area contributed by atoms with Crippen molar-refractivity contribution < 1.29 is 5.21 Å². The lowest BCUT2D eigenvalue weighted by molar-refractivity contribution is -0.0739. The third-order valence-electron chi connectivity index (χ3n) is 1.89. The molecule has 0 saturated heterocycles. The Morgan fingerprint density at radius 3 is 3.07 bits per heavy atom. The standard InChI is InChI=1S/C9H10BrN3O/c1-13(14)5-7-3-8-9(12-7)2-6(10)4-11-8/h2-4,12,14H,5H2,1H3. The number of rotatable bonds is 2. The van der Waals surface area contributed by atoms with Crippen molar-refractivity contribution in [1.29, 1.82) is 0 Å². The van der Waals surface area contributed by atoms with Crippen LogP contribution in [0.5, 0.6) is 0 Å². The molecule has 0 aliphatic rings. The first-order valence-corrected chi connectivity index (χ1v) is 4.97. The quantitative estimate of drug-likeness (QED) is 0.809. The summed E-state index contributed by atoms with van der Waals surface area (Å²) in [5.41, 5.74) is 2.82. The minimum Gasteiger partial charge on any atom is -0.356 e. The summed E-state index contributed by atoms with van der Waals surface area (Å²) in [6.45, 7) is 0.466. The zero-order chi connectivity index (χ0) is 10.1. The largest absolute Gasteiger partial charge is 0.356 e.